The van der Waals surface area contributed by atoms with Crippen molar-refractivity contribution in [3.05, 3.63) is 59.9 Å². The summed E-state index contributed by atoms with van der Waals surface area (Å²) in [4.78, 5) is 17.9. The van der Waals surface area contributed by atoms with Crippen LogP contribution in [-0.2, 0) is 4.79 Å². The first-order valence-corrected chi connectivity index (χ1v) is 13.2. The van der Waals surface area contributed by atoms with Gasteiger partial charge in [0.25, 0.3) is 0 Å². The van der Waals surface area contributed by atoms with E-state index in [1.165, 1.54) is 0 Å². The smallest absolute Gasteiger partial charge is 0.168 e. The van der Waals surface area contributed by atoms with E-state index in [-0.39, 0.29) is 17.5 Å². The molecule has 0 aliphatic heterocycles. The minimum atomic E-state index is -0.00669. The molecular weight excluding hydrogens is 442 g/mol. The lowest BCUT2D eigenvalue weighted by molar-refractivity contribution is -0.116. The maximum absolute atomic E-state index is 13.1. The molecule has 0 fully saturated rings. The summed E-state index contributed by atoms with van der Waals surface area (Å²) in [6.45, 7) is 6.40. The van der Waals surface area contributed by atoms with Crippen molar-refractivity contribution >= 4 is 50.8 Å². The Labute approximate surface area is 205 Å². The predicted octanol–water partition coefficient (Wildman–Crippen LogP) is 7.28. The van der Waals surface area contributed by atoms with Crippen LogP contribution in [0.2, 0.25) is 0 Å². The van der Waals surface area contributed by atoms with Crippen molar-refractivity contribution in [2.45, 2.75) is 58.1 Å². The molecule has 178 valence electrons. The molecule has 1 unspecified atom stereocenters. The highest BCUT2D eigenvalue weighted by molar-refractivity contribution is 7.99. The van der Waals surface area contributed by atoms with Crippen LogP contribution >= 0.6 is 11.8 Å². The van der Waals surface area contributed by atoms with E-state index in [4.69, 9.17) is 4.98 Å². The summed E-state index contributed by atoms with van der Waals surface area (Å²) in [5.74, 6) is 2.07. The van der Waals surface area contributed by atoms with E-state index >= 15 is 0 Å². The summed E-state index contributed by atoms with van der Waals surface area (Å²) in [6, 6.07) is 16.1. The number of hydrogen-bond acceptors (Lipinski definition) is 6. The minimum absolute atomic E-state index is 0.00669. The molecule has 1 aliphatic carbocycles. The van der Waals surface area contributed by atoms with Gasteiger partial charge in [0, 0.05) is 28.9 Å². The SMILES string of the molecule is CCCC(=NNc1nc2ccccc2c2ccccc12)C1=C(O)CC(C[C@H](C)SCC)CC1=O. The van der Waals surface area contributed by atoms with Crippen LogP contribution in [0.3, 0.4) is 0 Å². The van der Waals surface area contributed by atoms with Crippen LogP contribution in [0, 0.1) is 5.92 Å². The van der Waals surface area contributed by atoms with Crippen molar-refractivity contribution in [1.82, 2.24) is 4.98 Å². The average Bonchev–Trinajstić information content (AvgIpc) is 2.82. The number of aliphatic hydroxyl groups excluding tert-OH is 1. The second-order valence-electron chi connectivity index (χ2n) is 8.96. The third-order valence-corrected chi connectivity index (χ3v) is 7.42. The first-order chi connectivity index (χ1) is 16.5. The number of Topliss-reactive ketones (excluding diaryl/α,β-unsaturated/α-hetero) is 1. The molecule has 2 atom stereocenters. The number of hydrogen-bond donors (Lipinski definition) is 2. The van der Waals surface area contributed by atoms with Gasteiger partial charge < -0.3 is 5.11 Å². The van der Waals surface area contributed by atoms with E-state index in [1.54, 1.807) is 0 Å². The summed E-state index contributed by atoms with van der Waals surface area (Å²) >= 11 is 1.90. The number of thioether (sulfide) groups is 1. The van der Waals surface area contributed by atoms with Gasteiger partial charge in [-0.2, -0.15) is 16.9 Å². The Kier molecular flexibility index (Phi) is 7.88. The zero-order chi connectivity index (χ0) is 24.1. The van der Waals surface area contributed by atoms with Crippen molar-refractivity contribution in [3.63, 3.8) is 0 Å². The quantitative estimate of drug-likeness (QED) is 0.193. The lowest BCUT2D eigenvalue weighted by Crippen LogP contribution is -2.26. The lowest BCUT2D eigenvalue weighted by Gasteiger charge is -2.26. The highest BCUT2D eigenvalue weighted by atomic mass is 32.2. The van der Waals surface area contributed by atoms with Crippen molar-refractivity contribution in [1.29, 1.82) is 0 Å². The molecule has 0 saturated heterocycles. The van der Waals surface area contributed by atoms with E-state index in [9.17, 15) is 9.90 Å². The molecule has 1 heterocycles. The van der Waals surface area contributed by atoms with E-state index in [0.29, 0.717) is 41.6 Å². The number of hydrazone groups is 1. The van der Waals surface area contributed by atoms with Crippen LogP contribution in [0.25, 0.3) is 21.7 Å². The molecule has 1 aliphatic rings. The molecule has 0 spiro atoms. The molecule has 2 aromatic carbocycles. The number of ketones is 1. The van der Waals surface area contributed by atoms with Gasteiger partial charge in [-0.3, -0.25) is 10.2 Å². The largest absolute Gasteiger partial charge is 0.511 e. The summed E-state index contributed by atoms with van der Waals surface area (Å²) in [6.07, 6.45) is 3.37. The highest BCUT2D eigenvalue weighted by Crippen LogP contribution is 2.33. The summed E-state index contributed by atoms with van der Waals surface area (Å²) in [7, 11) is 0. The van der Waals surface area contributed by atoms with E-state index in [1.807, 2.05) is 48.2 Å². The van der Waals surface area contributed by atoms with Gasteiger partial charge in [0.05, 0.1) is 16.8 Å². The van der Waals surface area contributed by atoms with Crippen LogP contribution in [-0.4, -0.2) is 32.6 Å². The molecule has 0 bridgehead atoms. The Morgan fingerprint density at radius 2 is 1.82 bits per heavy atom. The molecule has 6 heteroatoms. The number of para-hydroxylation sites is 1. The molecule has 4 rings (SSSR count). The fraction of sp³-hybridized carbons (Fsp3) is 0.393. The minimum Gasteiger partial charge on any atom is -0.511 e. The maximum atomic E-state index is 13.1. The van der Waals surface area contributed by atoms with Crippen LogP contribution in [0.1, 0.15) is 52.9 Å². The number of carbonyl (C=O) groups is 1. The van der Waals surface area contributed by atoms with Gasteiger partial charge in [0.2, 0.25) is 0 Å². The Bertz CT molecular complexity index is 1250. The number of nitrogens with zero attached hydrogens (tertiary/aromatic N) is 2. The van der Waals surface area contributed by atoms with Gasteiger partial charge in [-0.05, 0) is 36.0 Å². The van der Waals surface area contributed by atoms with Gasteiger partial charge in [-0.15, -0.1) is 0 Å². The molecule has 5 nitrogen and oxygen atoms in total. The number of carbonyl (C=O) groups excluding carboxylic acids is 1. The summed E-state index contributed by atoms with van der Waals surface area (Å²) < 4.78 is 0. The topological polar surface area (TPSA) is 74.6 Å². The molecule has 0 amide bonds. The fourth-order valence-corrected chi connectivity index (χ4v) is 5.85. The Morgan fingerprint density at radius 3 is 2.53 bits per heavy atom. The summed E-state index contributed by atoms with van der Waals surface area (Å²) in [5.41, 5.74) is 5.03. The van der Waals surface area contributed by atoms with E-state index in [2.05, 4.69) is 43.4 Å². The van der Waals surface area contributed by atoms with E-state index < -0.39 is 0 Å². The number of benzene rings is 2. The third-order valence-electron chi connectivity index (χ3n) is 6.32. The van der Waals surface area contributed by atoms with Crippen molar-refractivity contribution in [2.75, 3.05) is 11.2 Å². The zero-order valence-corrected chi connectivity index (χ0v) is 21.0. The fourth-order valence-electron chi connectivity index (χ4n) is 4.87. The Morgan fingerprint density at radius 1 is 1.12 bits per heavy atom. The van der Waals surface area contributed by atoms with Crippen molar-refractivity contribution in [3.8, 4) is 0 Å². The van der Waals surface area contributed by atoms with Gasteiger partial charge >= 0.3 is 0 Å². The zero-order valence-electron chi connectivity index (χ0n) is 20.2. The second kappa shape index (κ2) is 11.0. The Balaban J connectivity index is 1.65. The first kappa shape index (κ1) is 24.3. The maximum Gasteiger partial charge on any atom is 0.168 e. The summed E-state index contributed by atoms with van der Waals surface area (Å²) in [5, 5.41) is 19.2. The normalized spacial score (nSPS) is 18.0. The van der Waals surface area contributed by atoms with Gasteiger partial charge in [0.1, 0.15) is 5.76 Å². The number of rotatable bonds is 9. The monoisotopic (exact) mass is 475 g/mol. The van der Waals surface area contributed by atoms with Crippen LogP contribution in [0.15, 0.2) is 65.0 Å². The van der Waals surface area contributed by atoms with Crippen molar-refractivity contribution < 1.29 is 9.90 Å². The standard InChI is InChI=1S/C28H33N3O2S/c1-4-10-24(27-25(32)16-19(17-26(27)33)15-18(3)34-5-2)30-31-28-22-13-7-6-11-20(22)21-12-8-9-14-23(21)29-28/h6-9,11-14,18-19,32H,4-5,10,15-17H2,1-3H3,(H,29,31)/t18-,19?/m0/s1. The lowest BCUT2D eigenvalue weighted by atomic mass is 9.82. The molecule has 0 saturated carbocycles. The average molecular weight is 476 g/mol. The first-order valence-electron chi connectivity index (χ1n) is 12.2. The number of aromatic nitrogens is 1. The highest BCUT2D eigenvalue weighted by Gasteiger charge is 2.31. The van der Waals surface area contributed by atoms with Crippen LogP contribution < -0.4 is 5.43 Å². The molecule has 0 radical (unpaired) electrons. The molecular formula is C28H33N3O2S. The number of allylic oxidation sites excluding steroid dienone is 2. The molecule has 3 aromatic rings. The number of anilines is 1. The van der Waals surface area contributed by atoms with Gasteiger partial charge in [-0.1, -0.05) is 69.7 Å². The van der Waals surface area contributed by atoms with Crippen LogP contribution in [0.5, 0.6) is 0 Å². The predicted molar refractivity (Wildman–Crippen MR) is 145 cm³/mol. The van der Waals surface area contributed by atoms with Gasteiger partial charge in [-0.25, -0.2) is 4.98 Å². The second-order valence-corrected chi connectivity index (χ2v) is 10.7. The van der Waals surface area contributed by atoms with Crippen molar-refractivity contribution in [2.24, 2.45) is 11.0 Å². The van der Waals surface area contributed by atoms with Gasteiger partial charge in [0.15, 0.2) is 11.6 Å². The number of aliphatic hydroxyl groups is 1. The van der Waals surface area contributed by atoms with Crippen LogP contribution in [0.4, 0.5) is 5.82 Å². The van der Waals surface area contributed by atoms with E-state index in [0.717, 1.165) is 40.3 Å². The Hall–Kier alpha value is -2.86. The molecule has 34 heavy (non-hydrogen) atoms. The number of pyridine rings is 1. The molecule has 1 aromatic heterocycles. The third kappa shape index (κ3) is 5.27. The number of fused-ring (bicyclic) bond motifs is 3. The molecule has 2 N–H and O–H groups in total. The number of nitrogens with one attached hydrogen (secondary N) is 1.